The third kappa shape index (κ3) is 5.54. The van der Waals surface area contributed by atoms with Gasteiger partial charge in [0.05, 0.1) is 12.7 Å². The molecular weight excluding hydrogens is 352 g/mol. The molecule has 3 rings (SSSR count). The maximum atomic E-state index is 12.6. The number of carbonyl (C=O) groups excluding carboxylic acids is 2. The monoisotopic (exact) mass is 378 g/mol. The second-order valence-corrected chi connectivity index (χ2v) is 6.89. The van der Waals surface area contributed by atoms with Gasteiger partial charge in [0.15, 0.2) is 0 Å². The van der Waals surface area contributed by atoms with Crippen LogP contribution in [-0.2, 0) is 16.1 Å². The van der Waals surface area contributed by atoms with E-state index in [0.717, 1.165) is 44.7 Å². The number of carbonyl (C=O) groups is 2. The molecule has 1 aliphatic rings. The van der Waals surface area contributed by atoms with Crippen LogP contribution in [0.5, 0.6) is 0 Å². The molecule has 5 nitrogen and oxygen atoms in total. The van der Waals surface area contributed by atoms with Crippen molar-refractivity contribution in [1.82, 2.24) is 9.80 Å². The van der Waals surface area contributed by atoms with Gasteiger partial charge in [0, 0.05) is 38.8 Å². The zero-order valence-electron chi connectivity index (χ0n) is 16.2. The van der Waals surface area contributed by atoms with Gasteiger partial charge >= 0.3 is 5.97 Å². The van der Waals surface area contributed by atoms with Crippen LogP contribution < -0.4 is 0 Å². The van der Waals surface area contributed by atoms with Crippen LogP contribution in [0.15, 0.2) is 60.7 Å². The largest absolute Gasteiger partial charge is 0.465 e. The second-order valence-electron chi connectivity index (χ2n) is 6.89. The van der Waals surface area contributed by atoms with Gasteiger partial charge in [0.2, 0.25) is 5.91 Å². The van der Waals surface area contributed by atoms with E-state index in [1.807, 2.05) is 11.0 Å². The summed E-state index contributed by atoms with van der Waals surface area (Å²) in [5.41, 5.74) is 2.68. The maximum absolute atomic E-state index is 12.6. The minimum atomic E-state index is -0.365. The number of hydrogen-bond acceptors (Lipinski definition) is 4. The van der Waals surface area contributed by atoms with E-state index in [9.17, 15) is 9.59 Å². The van der Waals surface area contributed by atoms with E-state index >= 15 is 0 Å². The molecule has 0 N–H and O–H groups in total. The number of ether oxygens (including phenoxy) is 1. The lowest BCUT2D eigenvalue weighted by Gasteiger charge is -2.21. The van der Waals surface area contributed by atoms with Crippen LogP contribution in [0.2, 0.25) is 0 Å². The third-order valence-corrected chi connectivity index (χ3v) is 4.90. The Hall–Kier alpha value is -2.92. The molecule has 0 unspecified atom stereocenters. The smallest absolute Gasteiger partial charge is 0.337 e. The van der Waals surface area contributed by atoms with Crippen molar-refractivity contribution in [2.24, 2.45) is 0 Å². The molecule has 146 valence electrons. The van der Waals surface area contributed by atoms with E-state index in [1.54, 1.807) is 36.4 Å². The van der Waals surface area contributed by atoms with E-state index in [1.165, 1.54) is 12.7 Å². The van der Waals surface area contributed by atoms with E-state index in [2.05, 4.69) is 33.9 Å². The molecule has 0 radical (unpaired) electrons. The van der Waals surface area contributed by atoms with Crippen LogP contribution in [-0.4, -0.2) is 55.0 Å². The van der Waals surface area contributed by atoms with Gasteiger partial charge in [-0.3, -0.25) is 9.69 Å². The number of nitrogens with zero attached hydrogens (tertiary/aromatic N) is 2. The molecule has 0 aliphatic carbocycles. The fourth-order valence-electron chi connectivity index (χ4n) is 3.31. The van der Waals surface area contributed by atoms with E-state index < -0.39 is 0 Å². The normalized spacial score (nSPS) is 15.4. The minimum absolute atomic E-state index is 0.0265. The fraction of sp³-hybridized carbons (Fsp3) is 0.304. The Bertz CT molecular complexity index is 816. The number of amides is 1. The van der Waals surface area contributed by atoms with Crippen molar-refractivity contribution >= 4 is 18.0 Å². The topological polar surface area (TPSA) is 49.9 Å². The maximum Gasteiger partial charge on any atom is 0.337 e. The molecule has 2 aromatic rings. The van der Waals surface area contributed by atoms with Gasteiger partial charge in [-0.15, -0.1) is 0 Å². The van der Waals surface area contributed by atoms with Crippen molar-refractivity contribution < 1.29 is 14.3 Å². The standard InChI is InChI=1S/C23H26N2O3/c1-28-23(27)21-11-8-19(9-12-21)10-13-22(26)25-15-5-14-24(16-17-25)18-20-6-3-2-4-7-20/h2-4,6-13H,5,14-18H2,1H3/b13-10+. The van der Waals surface area contributed by atoms with Crippen LogP contribution in [0.4, 0.5) is 0 Å². The zero-order chi connectivity index (χ0) is 19.8. The van der Waals surface area contributed by atoms with Crippen LogP contribution in [0.1, 0.15) is 27.9 Å². The molecule has 2 aromatic carbocycles. The molecule has 0 atom stereocenters. The molecule has 0 aromatic heterocycles. The predicted molar refractivity (Wildman–Crippen MR) is 110 cm³/mol. The molecule has 5 heteroatoms. The van der Waals surface area contributed by atoms with Gasteiger partial charge in [0.25, 0.3) is 0 Å². The summed E-state index contributed by atoms with van der Waals surface area (Å²) in [4.78, 5) is 28.3. The summed E-state index contributed by atoms with van der Waals surface area (Å²) < 4.78 is 4.69. The Morgan fingerprint density at radius 1 is 0.964 bits per heavy atom. The quantitative estimate of drug-likeness (QED) is 0.592. The summed E-state index contributed by atoms with van der Waals surface area (Å²) in [6, 6.07) is 17.4. The molecule has 0 spiro atoms. The Morgan fingerprint density at radius 3 is 2.43 bits per heavy atom. The van der Waals surface area contributed by atoms with Gasteiger partial charge in [-0.25, -0.2) is 4.79 Å². The zero-order valence-corrected chi connectivity index (χ0v) is 16.2. The van der Waals surface area contributed by atoms with Crippen molar-refractivity contribution in [2.75, 3.05) is 33.3 Å². The Labute approximate surface area is 166 Å². The molecular formula is C23H26N2O3. The molecule has 1 saturated heterocycles. The van der Waals surface area contributed by atoms with Gasteiger partial charge in [-0.1, -0.05) is 42.5 Å². The average molecular weight is 378 g/mol. The van der Waals surface area contributed by atoms with Gasteiger partial charge in [-0.2, -0.15) is 0 Å². The molecule has 28 heavy (non-hydrogen) atoms. The Balaban J connectivity index is 1.53. The number of hydrogen-bond donors (Lipinski definition) is 0. The molecule has 0 saturated carbocycles. The molecule has 1 fully saturated rings. The summed E-state index contributed by atoms with van der Waals surface area (Å²) >= 11 is 0. The Morgan fingerprint density at radius 2 is 1.71 bits per heavy atom. The highest BCUT2D eigenvalue weighted by atomic mass is 16.5. The lowest BCUT2D eigenvalue weighted by atomic mass is 10.1. The highest BCUT2D eigenvalue weighted by Crippen LogP contribution is 2.11. The SMILES string of the molecule is COC(=O)c1ccc(/C=C/C(=O)N2CCCN(Cc3ccccc3)CC2)cc1. The van der Waals surface area contributed by atoms with E-state index in [0.29, 0.717) is 5.56 Å². The molecule has 1 heterocycles. The highest BCUT2D eigenvalue weighted by Gasteiger charge is 2.17. The van der Waals surface area contributed by atoms with Crippen molar-refractivity contribution in [2.45, 2.75) is 13.0 Å². The Kier molecular flexibility index (Phi) is 6.98. The van der Waals surface area contributed by atoms with Crippen molar-refractivity contribution in [1.29, 1.82) is 0 Å². The first kappa shape index (κ1) is 19.8. The van der Waals surface area contributed by atoms with Crippen molar-refractivity contribution in [3.63, 3.8) is 0 Å². The third-order valence-electron chi connectivity index (χ3n) is 4.90. The van der Waals surface area contributed by atoms with Crippen molar-refractivity contribution in [3.8, 4) is 0 Å². The molecule has 1 aliphatic heterocycles. The molecule has 0 bridgehead atoms. The second kappa shape index (κ2) is 9.85. The van der Waals surface area contributed by atoms with Crippen molar-refractivity contribution in [3.05, 3.63) is 77.4 Å². The van der Waals surface area contributed by atoms with Crippen LogP contribution >= 0.6 is 0 Å². The summed E-state index contributed by atoms with van der Waals surface area (Å²) in [5.74, 6) is -0.338. The number of esters is 1. The lowest BCUT2D eigenvalue weighted by molar-refractivity contribution is -0.125. The summed E-state index contributed by atoms with van der Waals surface area (Å²) in [7, 11) is 1.36. The average Bonchev–Trinajstić information content (AvgIpc) is 2.98. The van der Waals surface area contributed by atoms with E-state index in [-0.39, 0.29) is 11.9 Å². The van der Waals surface area contributed by atoms with Crippen LogP contribution in [0.25, 0.3) is 6.08 Å². The highest BCUT2D eigenvalue weighted by molar-refractivity contribution is 5.92. The van der Waals surface area contributed by atoms with E-state index in [4.69, 9.17) is 0 Å². The predicted octanol–water partition coefficient (Wildman–Crippen LogP) is 3.22. The summed E-state index contributed by atoms with van der Waals surface area (Å²) in [6.07, 6.45) is 4.37. The summed E-state index contributed by atoms with van der Waals surface area (Å²) in [6.45, 7) is 4.30. The minimum Gasteiger partial charge on any atom is -0.465 e. The number of methoxy groups -OCH3 is 1. The first-order chi connectivity index (χ1) is 13.7. The molecule has 1 amide bonds. The lowest BCUT2D eigenvalue weighted by Crippen LogP contribution is -2.34. The van der Waals surface area contributed by atoms with Gasteiger partial charge < -0.3 is 9.64 Å². The fourth-order valence-corrected chi connectivity index (χ4v) is 3.31. The van der Waals surface area contributed by atoms with Crippen LogP contribution in [0.3, 0.4) is 0 Å². The first-order valence-electron chi connectivity index (χ1n) is 9.57. The first-order valence-corrected chi connectivity index (χ1v) is 9.57. The number of rotatable bonds is 5. The number of benzene rings is 2. The van der Waals surface area contributed by atoms with Gasteiger partial charge in [-0.05, 0) is 35.8 Å². The van der Waals surface area contributed by atoms with Gasteiger partial charge in [0.1, 0.15) is 0 Å². The van der Waals surface area contributed by atoms with Crippen LogP contribution in [0, 0.1) is 0 Å². The summed E-state index contributed by atoms with van der Waals surface area (Å²) in [5, 5.41) is 0.